The molecule has 440 valence electrons. The second-order valence-corrected chi connectivity index (χ2v) is 22.4. The van der Waals surface area contributed by atoms with Crippen molar-refractivity contribution >= 4 is 42.1 Å². The van der Waals surface area contributed by atoms with Crippen molar-refractivity contribution in [2.45, 2.75) is 182 Å². The number of benzene rings is 4. The highest BCUT2D eigenvalue weighted by atomic mass is 35.5. The third-order valence-electron chi connectivity index (χ3n) is 14.0. The Morgan fingerprint density at radius 1 is 0.575 bits per heavy atom. The summed E-state index contributed by atoms with van der Waals surface area (Å²) in [6, 6.07) is 32.4. The SMILES string of the molecule is CCc1ccccc1OCCC[C@@H]1C[C@H](Oc2ccccc2)CN1C(=O)[C@@H](NC(=O)[C@H](C)N)C(C)C.CCc1ccccc1OCCC[C@@H]1C[C@H](Oc2ccccc2)CN1C(=O)[C@@H](NC(=O)[C@H](C)NC(=O)OC(C)(C)C)C(C)C.Cl. The molecule has 0 aliphatic carbocycles. The van der Waals surface area contributed by atoms with E-state index in [1.807, 2.05) is 135 Å². The number of ether oxygens (including phenoxy) is 5. The second kappa shape index (κ2) is 32.7. The lowest BCUT2D eigenvalue weighted by molar-refractivity contribution is -0.139. The fraction of sp³-hybridized carbons (Fsp3) is 0.540. The van der Waals surface area contributed by atoms with Gasteiger partial charge in [0.15, 0.2) is 0 Å². The van der Waals surface area contributed by atoms with Crippen LogP contribution in [0.3, 0.4) is 0 Å². The summed E-state index contributed by atoms with van der Waals surface area (Å²) in [5.41, 5.74) is 7.42. The van der Waals surface area contributed by atoms with Crippen molar-refractivity contribution in [3.63, 3.8) is 0 Å². The average Bonchev–Trinajstić information content (AvgIpc) is 4.02. The van der Waals surface area contributed by atoms with E-state index < -0.39 is 41.8 Å². The summed E-state index contributed by atoms with van der Waals surface area (Å²) in [6.07, 6.45) is 5.37. The largest absolute Gasteiger partial charge is 0.493 e. The zero-order valence-electron chi connectivity index (χ0n) is 49.1. The Bertz CT molecular complexity index is 2530. The van der Waals surface area contributed by atoms with Gasteiger partial charge in [0.05, 0.1) is 32.3 Å². The first-order valence-electron chi connectivity index (χ1n) is 28.5. The van der Waals surface area contributed by atoms with Gasteiger partial charge in [0, 0.05) is 24.9 Å². The molecule has 5 amide bonds. The summed E-state index contributed by atoms with van der Waals surface area (Å²) in [7, 11) is 0. The first-order valence-corrected chi connectivity index (χ1v) is 28.5. The standard InChI is InChI=1S/C34H49N3O6.C29H41N3O4.ClH/c1-8-25-15-12-13-19-29(25)41-20-14-16-26-21-28(42-27-17-10-9-11-18-27)22-37(26)32(39)30(23(2)3)36-31(38)24(4)35-33(40)43-34(5,6)7;1-5-22-12-9-10-16-26(22)35-17-11-13-23-18-25(36-24-14-7-6-8-15-24)19-32(23)29(34)27(20(2)3)31-28(33)21(4)30;/h9-13,15,17-19,23-24,26,28,30H,8,14,16,20-22H2,1-7H3,(H,35,40)(H,36,38);6-10,12,14-16,20-21,23,25,27H,5,11,13,17-19,30H2,1-4H3,(H,31,33);1H/t24-,26+,28-,30-;21-,23+,25-,27-;/m00./s1. The molecule has 0 radical (unpaired) electrons. The Morgan fingerprint density at radius 2 is 0.963 bits per heavy atom. The number of alkyl carbamates (subject to hydrolysis) is 1. The maximum Gasteiger partial charge on any atom is 0.408 e. The van der Waals surface area contributed by atoms with Gasteiger partial charge >= 0.3 is 6.09 Å². The summed E-state index contributed by atoms with van der Waals surface area (Å²) in [5.74, 6) is 2.12. The minimum atomic E-state index is -0.879. The zero-order valence-corrected chi connectivity index (χ0v) is 49.9. The molecule has 4 aromatic rings. The number of hydrogen-bond acceptors (Lipinski definition) is 11. The molecule has 4 aromatic carbocycles. The minimum absolute atomic E-state index is 0. The Kier molecular flexibility index (Phi) is 26.9. The van der Waals surface area contributed by atoms with E-state index >= 15 is 0 Å². The fourth-order valence-corrected chi connectivity index (χ4v) is 9.76. The number of halogens is 1. The van der Waals surface area contributed by atoms with Gasteiger partial charge in [-0.15, -0.1) is 12.4 Å². The number of carbonyl (C=O) groups excluding carboxylic acids is 5. The Morgan fingerprint density at radius 3 is 1.34 bits per heavy atom. The first kappa shape index (κ1) is 66.0. The molecule has 6 rings (SSSR count). The lowest BCUT2D eigenvalue weighted by Crippen LogP contribution is -2.56. The average molecular weight is 1130 g/mol. The van der Waals surface area contributed by atoms with Crippen LogP contribution in [0.4, 0.5) is 4.79 Å². The van der Waals surface area contributed by atoms with E-state index in [1.54, 1.807) is 34.6 Å². The normalized spacial score (nSPS) is 18.3. The summed E-state index contributed by atoms with van der Waals surface area (Å²) in [4.78, 5) is 69.0. The number of nitrogens with two attached hydrogens (primary N) is 1. The number of para-hydroxylation sites is 4. The van der Waals surface area contributed by atoms with Crippen LogP contribution >= 0.6 is 12.4 Å². The maximum atomic E-state index is 14.0. The lowest BCUT2D eigenvalue weighted by atomic mass is 10.0. The van der Waals surface area contributed by atoms with E-state index in [0.29, 0.717) is 32.7 Å². The third kappa shape index (κ3) is 20.9. The van der Waals surface area contributed by atoms with Crippen molar-refractivity contribution in [1.82, 2.24) is 25.8 Å². The monoisotopic (exact) mass is 1130 g/mol. The van der Waals surface area contributed by atoms with Crippen LogP contribution in [0.5, 0.6) is 23.0 Å². The van der Waals surface area contributed by atoms with Crippen molar-refractivity contribution < 1.29 is 47.7 Å². The van der Waals surface area contributed by atoms with Gasteiger partial charge in [0.1, 0.15) is 58.9 Å². The number of rotatable bonds is 25. The van der Waals surface area contributed by atoms with Gasteiger partial charge in [0.25, 0.3) is 0 Å². The predicted molar refractivity (Wildman–Crippen MR) is 316 cm³/mol. The molecule has 2 saturated heterocycles. The van der Waals surface area contributed by atoms with E-state index in [1.165, 1.54) is 11.1 Å². The molecule has 2 aliphatic heterocycles. The molecule has 80 heavy (non-hydrogen) atoms. The van der Waals surface area contributed by atoms with E-state index in [-0.39, 0.29) is 66.3 Å². The van der Waals surface area contributed by atoms with E-state index in [2.05, 4.69) is 41.9 Å². The molecule has 16 nitrogen and oxygen atoms in total. The molecule has 0 bridgehead atoms. The Labute approximate surface area is 482 Å². The van der Waals surface area contributed by atoms with Crippen molar-refractivity contribution in [1.29, 1.82) is 0 Å². The number of carbonyl (C=O) groups is 5. The molecule has 0 spiro atoms. The number of nitrogens with zero attached hydrogens (tertiary/aromatic N) is 2. The van der Waals surface area contributed by atoms with E-state index in [0.717, 1.165) is 67.9 Å². The second-order valence-electron chi connectivity index (χ2n) is 22.4. The summed E-state index contributed by atoms with van der Waals surface area (Å²) >= 11 is 0. The fourth-order valence-electron chi connectivity index (χ4n) is 9.76. The van der Waals surface area contributed by atoms with Crippen molar-refractivity contribution in [2.75, 3.05) is 26.3 Å². The van der Waals surface area contributed by atoms with Crippen LogP contribution in [0.1, 0.15) is 126 Å². The van der Waals surface area contributed by atoms with Gasteiger partial charge in [-0.25, -0.2) is 4.79 Å². The number of likely N-dealkylation sites (tertiary alicyclic amines) is 2. The van der Waals surface area contributed by atoms with Crippen LogP contribution in [-0.4, -0.2) is 120 Å². The molecule has 17 heteroatoms. The number of nitrogens with one attached hydrogen (secondary N) is 3. The highest BCUT2D eigenvalue weighted by molar-refractivity contribution is 5.92. The smallest absolute Gasteiger partial charge is 0.408 e. The maximum absolute atomic E-state index is 14.0. The van der Waals surface area contributed by atoms with Crippen LogP contribution in [0.2, 0.25) is 0 Å². The van der Waals surface area contributed by atoms with Crippen LogP contribution < -0.4 is 40.6 Å². The third-order valence-corrected chi connectivity index (χ3v) is 14.0. The number of amides is 5. The van der Waals surface area contributed by atoms with E-state index in [9.17, 15) is 24.0 Å². The molecule has 8 atom stereocenters. The van der Waals surface area contributed by atoms with Crippen LogP contribution in [0, 0.1) is 11.8 Å². The molecule has 2 heterocycles. The highest BCUT2D eigenvalue weighted by Gasteiger charge is 2.42. The molecule has 2 aliphatic rings. The lowest BCUT2D eigenvalue weighted by Gasteiger charge is -2.31. The summed E-state index contributed by atoms with van der Waals surface area (Å²) < 4.78 is 29.9. The molecular weight excluding hydrogens is 1040 g/mol. The van der Waals surface area contributed by atoms with Gasteiger partial charge in [0.2, 0.25) is 23.6 Å². The van der Waals surface area contributed by atoms with Crippen molar-refractivity contribution in [2.24, 2.45) is 17.6 Å². The predicted octanol–water partition coefficient (Wildman–Crippen LogP) is 9.88. The molecular formula is C63H91ClN6O10. The quantitative estimate of drug-likeness (QED) is 0.0461. The Balaban J connectivity index is 0.000000345. The van der Waals surface area contributed by atoms with Crippen LogP contribution in [0.25, 0.3) is 0 Å². The highest BCUT2D eigenvalue weighted by Crippen LogP contribution is 2.30. The zero-order chi connectivity index (χ0) is 57.6. The molecule has 0 aromatic heterocycles. The van der Waals surface area contributed by atoms with Crippen molar-refractivity contribution in [3.05, 3.63) is 120 Å². The van der Waals surface area contributed by atoms with E-state index in [4.69, 9.17) is 29.4 Å². The Hall–Kier alpha value is -6.52. The van der Waals surface area contributed by atoms with Gasteiger partial charge in [-0.3, -0.25) is 19.2 Å². The number of hydrogen-bond donors (Lipinski definition) is 4. The van der Waals surface area contributed by atoms with Gasteiger partial charge in [-0.2, -0.15) is 0 Å². The minimum Gasteiger partial charge on any atom is -0.493 e. The summed E-state index contributed by atoms with van der Waals surface area (Å²) in [5, 5.41) is 8.30. The number of aryl methyl sites for hydroxylation is 2. The molecule has 5 N–H and O–H groups in total. The topological polar surface area (TPSA) is 200 Å². The first-order chi connectivity index (χ1) is 37.7. The van der Waals surface area contributed by atoms with Gasteiger partial charge in [-0.05, 0) is 133 Å². The van der Waals surface area contributed by atoms with Crippen LogP contribution in [-0.2, 0) is 36.8 Å². The molecule has 0 unspecified atom stereocenters. The summed E-state index contributed by atoms with van der Waals surface area (Å²) in [6.45, 7) is 22.4. The van der Waals surface area contributed by atoms with Gasteiger partial charge < -0.3 is 55.2 Å². The van der Waals surface area contributed by atoms with Crippen molar-refractivity contribution in [3.8, 4) is 23.0 Å². The molecule has 0 saturated carbocycles. The van der Waals surface area contributed by atoms with Crippen LogP contribution in [0.15, 0.2) is 109 Å². The molecule has 2 fully saturated rings. The van der Waals surface area contributed by atoms with Gasteiger partial charge in [-0.1, -0.05) is 114 Å².